The van der Waals surface area contributed by atoms with E-state index >= 15 is 0 Å². The molecule has 1 aliphatic heterocycles. The van der Waals surface area contributed by atoms with Crippen molar-refractivity contribution in [3.63, 3.8) is 0 Å². The van der Waals surface area contributed by atoms with Gasteiger partial charge in [0.15, 0.2) is 0 Å². The zero-order valence-electron chi connectivity index (χ0n) is 16.3. The largest absolute Gasteiger partial charge is 0.265 e. The van der Waals surface area contributed by atoms with E-state index in [-0.39, 0.29) is 0 Å². The Balaban J connectivity index is 1.68. The molecule has 4 aromatic rings. The molecule has 0 spiro atoms. The molecule has 1 fully saturated rings. The molecule has 2 bridgehead atoms. The number of halogens is 1. The Morgan fingerprint density at radius 1 is 1.14 bits per heavy atom. The van der Waals surface area contributed by atoms with Gasteiger partial charge in [-0.1, -0.05) is 34.7 Å². The average molecular weight is 492 g/mol. The van der Waals surface area contributed by atoms with Crippen LogP contribution >= 0.6 is 22.6 Å². The second-order valence-corrected chi connectivity index (χ2v) is 8.99. The highest BCUT2D eigenvalue weighted by molar-refractivity contribution is 14.1. The summed E-state index contributed by atoms with van der Waals surface area (Å²) in [6.07, 6.45) is 5.69. The average Bonchev–Trinajstić information content (AvgIpc) is 3.45. The normalized spacial score (nSPS) is 19.8. The Bertz CT molecular complexity index is 1260. The number of rotatable bonds is 3. The van der Waals surface area contributed by atoms with Crippen molar-refractivity contribution in [3.8, 4) is 22.5 Å². The molecule has 2 atom stereocenters. The number of hydrogen-bond donors (Lipinski definition) is 0. The molecule has 2 aliphatic rings. The van der Waals surface area contributed by atoms with Gasteiger partial charge in [0.1, 0.15) is 5.69 Å². The SMILES string of the molecule is Cc1cccc(-c2nn3c(c2-c2ccnc4ccc(CI)cc24)C2CCC3C2)n1. The van der Waals surface area contributed by atoms with Crippen LogP contribution in [0, 0.1) is 6.92 Å². The van der Waals surface area contributed by atoms with Crippen LogP contribution in [0.25, 0.3) is 33.4 Å². The molecule has 0 saturated heterocycles. The number of benzene rings is 1. The van der Waals surface area contributed by atoms with Crippen LogP contribution in [0.15, 0.2) is 48.7 Å². The highest BCUT2D eigenvalue weighted by Gasteiger charge is 2.42. The predicted octanol–water partition coefficient (Wildman–Crippen LogP) is 6.23. The standard InChI is InChI=1S/C24H21IN4/c1-14-3-2-4-21(27-14)23-22(24-16-6-7-17(12-16)29(24)28-23)18-9-10-26-20-8-5-15(13-25)11-19(18)20/h2-5,8-11,16-17H,6-7,12-13H2,1H3. The third-order valence-electron chi connectivity index (χ3n) is 6.45. The Labute approximate surface area is 183 Å². The minimum Gasteiger partial charge on any atom is -0.265 e. The maximum Gasteiger partial charge on any atom is 0.119 e. The third-order valence-corrected chi connectivity index (χ3v) is 7.33. The molecule has 2 unspecified atom stereocenters. The van der Waals surface area contributed by atoms with Crippen LogP contribution in [0.5, 0.6) is 0 Å². The fourth-order valence-electron chi connectivity index (χ4n) is 5.16. The first-order valence-corrected chi connectivity index (χ1v) is 11.8. The zero-order valence-corrected chi connectivity index (χ0v) is 18.4. The van der Waals surface area contributed by atoms with Crippen molar-refractivity contribution in [2.24, 2.45) is 0 Å². The second-order valence-electron chi connectivity index (χ2n) is 8.23. The first-order chi connectivity index (χ1) is 14.2. The van der Waals surface area contributed by atoms with E-state index in [2.05, 4.69) is 68.7 Å². The lowest BCUT2D eigenvalue weighted by molar-refractivity contribution is 0.477. The maximum absolute atomic E-state index is 5.14. The van der Waals surface area contributed by atoms with Crippen LogP contribution in [0.1, 0.15) is 48.2 Å². The van der Waals surface area contributed by atoms with Crippen LogP contribution in [-0.4, -0.2) is 19.7 Å². The Morgan fingerprint density at radius 2 is 2.07 bits per heavy atom. The molecule has 3 aromatic heterocycles. The van der Waals surface area contributed by atoms with Gasteiger partial charge in [-0.25, -0.2) is 0 Å². The number of aromatic nitrogens is 4. The van der Waals surface area contributed by atoms with Gasteiger partial charge < -0.3 is 0 Å². The Morgan fingerprint density at radius 3 is 2.93 bits per heavy atom. The molecule has 4 heterocycles. The molecular formula is C24H21IN4. The van der Waals surface area contributed by atoms with Crippen LogP contribution in [0.3, 0.4) is 0 Å². The fourth-order valence-corrected chi connectivity index (χ4v) is 5.63. The van der Waals surface area contributed by atoms with E-state index < -0.39 is 0 Å². The molecule has 5 heteroatoms. The molecule has 144 valence electrons. The number of pyridine rings is 2. The molecule has 0 N–H and O–H groups in total. The van der Waals surface area contributed by atoms with Crippen molar-refractivity contribution < 1.29 is 0 Å². The highest BCUT2D eigenvalue weighted by atomic mass is 127. The van der Waals surface area contributed by atoms with Gasteiger partial charge in [0.05, 0.1) is 22.9 Å². The number of aryl methyl sites for hydroxylation is 1. The maximum atomic E-state index is 5.14. The Kier molecular flexibility index (Phi) is 4.01. The fraction of sp³-hybridized carbons (Fsp3) is 0.292. The van der Waals surface area contributed by atoms with E-state index in [0.717, 1.165) is 27.0 Å². The van der Waals surface area contributed by atoms with Crippen LogP contribution in [0.2, 0.25) is 0 Å². The smallest absolute Gasteiger partial charge is 0.119 e. The van der Waals surface area contributed by atoms with Gasteiger partial charge in [0.2, 0.25) is 0 Å². The van der Waals surface area contributed by atoms with Gasteiger partial charge >= 0.3 is 0 Å². The van der Waals surface area contributed by atoms with E-state index in [9.17, 15) is 0 Å². The lowest BCUT2D eigenvalue weighted by atomic mass is 9.92. The molecule has 0 radical (unpaired) electrons. The molecule has 1 saturated carbocycles. The van der Waals surface area contributed by atoms with E-state index in [4.69, 9.17) is 10.1 Å². The van der Waals surface area contributed by atoms with Gasteiger partial charge in [-0.2, -0.15) is 5.10 Å². The molecule has 0 amide bonds. The summed E-state index contributed by atoms with van der Waals surface area (Å²) in [7, 11) is 0. The molecule has 4 nitrogen and oxygen atoms in total. The summed E-state index contributed by atoms with van der Waals surface area (Å²) in [5, 5.41) is 6.36. The van der Waals surface area contributed by atoms with Crippen molar-refractivity contribution in [3.05, 3.63) is 65.6 Å². The molecule has 29 heavy (non-hydrogen) atoms. The van der Waals surface area contributed by atoms with Gasteiger partial charge in [-0.15, -0.1) is 0 Å². The topological polar surface area (TPSA) is 43.6 Å². The van der Waals surface area contributed by atoms with Gasteiger partial charge in [0, 0.05) is 33.2 Å². The van der Waals surface area contributed by atoms with Crippen LogP contribution in [0.4, 0.5) is 0 Å². The summed E-state index contributed by atoms with van der Waals surface area (Å²) < 4.78 is 3.31. The number of nitrogens with zero attached hydrogens (tertiary/aromatic N) is 4. The second kappa shape index (κ2) is 6.62. The molecule has 1 aromatic carbocycles. The van der Waals surface area contributed by atoms with Gasteiger partial charge in [0.25, 0.3) is 0 Å². The third kappa shape index (κ3) is 2.66. The van der Waals surface area contributed by atoms with E-state index in [1.165, 1.54) is 47.0 Å². The summed E-state index contributed by atoms with van der Waals surface area (Å²) in [6, 6.07) is 15.6. The highest BCUT2D eigenvalue weighted by Crippen LogP contribution is 2.54. The van der Waals surface area contributed by atoms with Crippen molar-refractivity contribution in [2.45, 2.75) is 42.6 Å². The van der Waals surface area contributed by atoms with Crippen molar-refractivity contribution in [1.82, 2.24) is 19.7 Å². The predicted molar refractivity (Wildman–Crippen MR) is 124 cm³/mol. The molecule has 6 rings (SSSR count). The minimum atomic E-state index is 0.547. The summed E-state index contributed by atoms with van der Waals surface area (Å²) in [5.41, 5.74) is 9.31. The van der Waals surface area contributed by atoms with E-state index in [1.54, 1.807) is 0 Å². The monoisotopic (exact) mass is 492 g/mol. The van der Waals surface area contributed by atoms with Gasteiger partial charge in [-0.05, 0) is 67.6 Å². The van der Waals surface area contributed by atoms with Crippen molar-refractivity contribution in [2.75, 3.05) is 0 Å². The molecular weight excluding hydrogens is 471 g/mol. The zero-order chi connectivity index (χ0) is 19.5. The number of alkyl halides is 1. The van der Waals surface area contributed by atoms with Crippen LogP contribution in [-0.2, 0) is 4.43 Å². The first-order valence-electron chi connectivity index (χ1n) is 10.2. The summed E-state index contributed by atoms with van der Waals surface area (Å²) >= 11 is 2.43. The van der Waals surface area contributed by atoms with Gasteiger partial charge in [-0.3, -0.25) is 14.6 Å². The van der Waals surface area contributed by atoms with Crippen LogP contribution < -0.4 is 0 Å². The molecule has 1 aliphatic carbocycles. The lowest BCUT2D eigenvalue weighted by Gasteiger charge is -2.15. The minimum absolute atomic E-state index is 0.547. The summed E-state index contributed by atoms with van der Waals surface area (Å²) in [5.74, 6) is 0.608. The van der Waals surface area contributed by atoms with E-state index in [1.807, 2.05) is 19.2 Å². The van der Waals surface area contributed by atoms with Crippen molar-refractivity contribution in [1.29, 1.82) is 0 Å². The summed E-state index contributed by atoms with van der Waals surface area (Å²) in [6.45, 7) is 2.05. The lowest BCUT2D eigenvalue weighted by Crippen LogP contribution is -2.07. The number of fused-ring (bicyclic) bond motifs is 6. The number of hydrogen-bond acceptors (Lipinski definition) is 3. The first kappa shape index (κ1) is 17.6. The quantitative estimate of drug-likeness (QED) is 0.252. The van der Waals surface area contributed by atoms with Crippen molar-refractivity contribution >= 4 is 33.5 Å². The Hall–Kier alpha value is -2.28. The summed E-state index contributed by atoms with van der Waals surface area (Å²) in [4.78, 5) is 9.47. The van der Waals surface area contributed by atoms with E-state index in [0.29, 0.717) is 12.0 Å².